The van der Waals surface area contributed by atoms with Crippen LogP contribution in [0.3, 0.4) is 0 Å². The number of pyridine rings is 1. The van der Waals surface area contributed by atoms with Crippen molar-refractivity contribution in [3.63, 3.8) is 0 Å². The number of aliphatic hydroxyl groups is 1. The highest BCUT2D eigenvalue weighted by atomic mass is 16.3. The number of carbonyl (C=O) groups excluding carboxylic acids is 1. The Morgan fingerprint density at radius 3 is 2.50 bits per heavy atom. The van der Waals surface area contributed by atoms with Gasteiger partial charge in [-0.15, -0.1) is 0 Å². The van der Waals surface area contributed by atoms with Gasteiger partial charge in [0.1, 0.15) is 0 Å². The van der Waals surface area contributed by atoms with E-state index in [-0.39, 0.29) is 11.9 Å². The summed E-state index contributed by atoms with van der Waals surface area (Å²) in [5.41, 5.74) is 3.61. The van der Waals surface area contributed by atoms with Gasteiger partial charge in [0.05, 0.1) is 18.3 Å². The first-order valence-corrected chi connectivity index (χ1v) is 11.9. The number of hydrogen-bond donors (Lipinski definition) is 3. The minimum atomic E-state index is -0.491. The van der Waals surface area contributed by atoms with Gasteiger partial charge in [-0.25, -0.2) is 0 Å². The summed E-state index contributed by atoms with van der Waals surface area (Å²) in [6.07, 6.45) is 4.20. The largest absolute Gasteiger partial charge is 0.387 e. The van der Waals surface area contributed by atoms with Crippen LogP contribution in [0, 0.1) is 0 Å². The first-order valence-electron chi connectivity index (χ1n) is 11.9. The number of nitrogens with zero attached hydrogens (tertiary/aromatic N) is 1. The van der Waals surface area contributed by atoms with E-state index in [9.17, 15) is 9.90 Å². The number of aromatic nitrogens is 1. The predicted octanol–water partition coefficient (Wildman–Crippen LogP) is 4.56. The molecule has 1 aliphatic heterocycles. The highest BCUT2D eigenvalue weighted by molar-refractivity contribution is 5.94. The monoisotopic (exact) mass is 451 g/mol. The van der Waals surface area contributed by atoms with Crippen molar-refractivity contribution in [2.45, 2.75) is 44.0 Å². The van der Waals surface area contributed by atoms with Crippen molar-refractivity contribution in [3.8, 4) is 0 Å². The lowest BCUT2D eigenvalue weighted by Gasteiger charge is -2.20. The SMILES string of the molecule is O=C(NCc1cc2ccccc2cn1)c1ccc(C[C@@H]2CC[C@H]([C@H](O)c3ccccc3)N2)cc1. The van der Waals surface area contributed by atoms with Gasteiger partial charge in [0, 0.05) is 29.2 Å². The molecular formula is C29H29N3O2. The van der Waals surface area contributed by atoms with Crippen LogP contribution in [0.25, 0.3) is 10.8 Å². The third kappa shape index (κ3) is 5.16. The van der Waals surface area contributed by atoms with Gasteiger partial charge in [-0.1, -0.05) is 66.7 Å². The summed E-state index contributed by atoms with van der Waals surface area (Å²) in [7, 11) is 0. The molecule has 0 bridgehead atoms. The van der Waals surface area contributed by atoms with E-state index in [1.165, 1.54) is 5.56 Å². The average Bonchev–Trinajstić information content (AvgIpc) is 3.36. The number of hydrogen-bond acceptors (Lipinski definition) is 4. The lowest BCUT2D eigenvalue weighted by Crippen LogP contribution is -2.35. The molecule has 4 aromatic rings. The maximum atomic E-state index is 12.6. The molecule has 0 spiro atoms. The molecule has 34 heavy (non-hydrogen) atoms. The second-order valence-electron chi connectivity index (χ2n) is 9.01. The van der Waals surface area contributed by atoms with E-state index in [0.29, 0.717) is 18.2 Å². The summed E-state index contributed by atoms with van der Waals surface area (Å²) in [5.74, 6) is -0.105. The number of fused-ring (bicyclic) bond motifs is 1. The molecule has 1 amide bonds. The lowest BCUT2D eigenvalue weighted by atomic mass is 10.0. The summed E-state index contributed by atoms with van der Waals surface area (Å²) in [4.78, 5) is 17.1. The fraction of sp³-hybridized carbons (Fsp3) is 0.241. The third-order valence-corrected chi connectivity index (χ3v) is 6.61. The number of amides is 1. The molecule has 1 fully saturated rings. The predicted molar refractivity (Wildman–Crippen MR) is 134 cm³/mol. The molecule has 3 aromatic carbocycles. The van der Waals surface area contributed by atoms with Crippen LogP contribution in [-0.2, 0) is 13.0 Å². The molecule has 172 valence electrons. The lowest BCUT2D eigenvalue weighted by molar-refractivity contribution is 0.0950. The topological polar surface area (TPSA) is 74.2 Å². The third-order valence-electron chi connectivity index (χ3n) is 6.61. The number of rotatable bonds is 7. The van der Waals surface area contributed by atoms with Crippen LogP contribution in [0.15, 0.2) is 91.1 Å². The molecule has 1 aliphatic rings. The molecule has 5 nitrogen and oxygen atoms in total. The first kappa shape index (κ1) is 22.3. The van der Waals surface area contributed by atoms with Crippen LogP contribution >= 0.6 is 0 Å². The molecule has 0 radical (unpaired) electrons. The van der Waals surface area contributed by atoms with Crippen molar-refractivity contribution in [2.24, 2.45) is 0 Å². The maximum absolute atomic E-state index is 12.6. The second-order valence-corrected chi connectivity index (χ2v) is 9.01. The smallest absolute Gasteiger partial charge is 0.251 e. The number of carbonyl (C=O) groups is 1. The maximum Gasteiger partial charge on any atom is 0.251 e. The molecule has 1 saturated heterocycles. The Morgan fingerprint density at radius 1 is 0.971 bits per heavy atom. The van der Waals surface area contributed by atoms with E-state index < -0.39 is 6.10 Å². The van der Waals surface area contributed by atoms with Gasteiger partial charge in [-0.3, -0.25) is 9.78 Å². The van der Waals surface area contributed by atoms with E-state index in [1.807, 2.05) is 91.1 Å². The van der Waals surface area contributed by atoms with Crippen molar-refractivity contribution < 1.29 is 9.90 Å². The van der Waals surface area contributed by atoms with Gasteiger partial charge in [0.25, 0.3) is 5.91 Å². The Bertz CT molecular complexity index is 1260. The minimum absolute atomic E-state index is 0.0705. The normalized spacial score (nSPS) is 18.6. The highest BCUT2D eigenvalue weighted by Gasteiger charge is 2.29. The van der Waals surface area contributed by atoms with Crippen LogP contribution in [0.5, 0.6) is 0 Å². The fourth-order valence-electron chi connectivity index (χ4n) is 4.72. The van der Waals surface area contributed by atoms with E-state index in [1.54, 1.807) is 0 Å². The van der Waals surface area contributed by atoms with Gasteiger partial charge in [0.2, 0.25) is 0 Å². The van der Waals surface area contributed by atoms with Crippen molar-refractivity contribution in [2.75, 3.05) is 0 Å². The summed E-state index contributed by atoms with van der Waals surface area (Å²) >= 11 is 0. The summed E-state index contributed by atoms with van der Waals surface area (Å²) in [5, 5.41) is 19.4. The van der Waals surface area contributed by atoms with Crippen molar-refractivity contribution in [1.82, 2.24) is 15.6 Å². The molecule has 3 atom stereocenters. The quantitative estimate of drug-likeness (QED) is 0.385. The molecule has 2 heterocycles. The van der Waals surface area contributed by atoms with E-state index in [2.05, 4.69) is 15.6 Å². The van der Waals surface area contributed by atoms with Crippen molar-refractivity contribution in [1.29, 1.82) is 0 Å². The number of benzene rings is 3. The van der Waals surface area contributed by atoms with Gasteiger partial charge in [0.15, 0.2) is 0 Å². The Morgan fingerprint density at radius 2 is 1.71 bits per heavy atom. The van der Waals surface area contributed by atoms with E-state index in [0.717, 1.165) is 41.3 Å². The molecule has 5 heteroatoms. The first-order chi connectivity index (χ1) is 16.7. The summed E-state index contributed by atoms with van der Waals surface area (Å²) in [6.45, 7) is 0.391. The zero-order valence-corrected chi connectivity index (χ0v) is 19.0. The molecule has 0 saturated carbocycles. The van der Waals surface area contributed by atoms with Crippen LogP contribution in [0.1, 0.15) is 46.1 Å². The average molecular weight is 452 g/mol. The molecule has 5 rings (SSSR count). The van der Waals surface area contributed by atoms with Crippen LogP contribution in [0.4, 0.5) is 0 Å². The summed E-state index contributed by atoms with van der Waals surface area (Å²) < 4.78 is 0. The van der Waals surface area contributed by atoms with E-state index >= 15 is 0 Å². The number of aliphatic hydroxyl groups excluding tert-OH is 1. The Labute approximate surface area is 199 Å². The van der Waals surface area contributed by atoms with Crippen LogP contribution < -0.4 is 10.6 Å². The van der Waals surface area contributed by atoms with Crippen LogP contribution in [0.2, 0.25) is 0 Å². The molecule has 3 N–H and O–H groups in total. The fourth-order valence-corrected chi connectivity index (χ4v) is 4.72. The Hall–Kier alpha value is -3.54. The Kier molecular flexibility index (Phi) is 6.65. The molecule has 0 unspecified atom stereocenters. The zero-order chi connectivity index (χ0) is 23.3. The molecule has 0 aliphatic carbocycles. The van der Waals surface area contributed by atoms with Crippen molar-refractivity contribution in [3.05, 3.63) is 114 Å². The van der Waals surface area contributed by atoms with Crippen LogP contribution in [-0.4, -0.2) is 28.1 Å². The van der Waals surface area contributed by atoms with Gasteiger partial charge in [-0.2, -0.15) is 0 Å². The second kappa shape index (κ2) is 10.2. The van der Waals surface area contributed by atoms with Gasteiger partial charge < -0.3 is 15.7 Å². The Balaban J connectivity index is 1.13. The zero-order valence-electron chi connectivity index (χ0n) is 19.0. The highest BCUT2D eigenvalue weighted by Crippen LogP contribution is 2.26. The van der Waals surface area contributed by atoms with Gasteiger partial charge >= 0.3 is 0 Å². The van der Waals surface area contributed by atoms with Crippen molar-refractivity contribution >= 4 is 16.7 Å². The van der Waals surface area contributed by atoms with E-state index in [4.69, 9.17) is 0 Å². The standard InChI is InChI=1S/C29H29N3O2/c33-28(21-6-2-1-3-7-21)27-15-14-25(32-27)16-20-10-12-22(13-11-20)29(34)31-19-26-17-23-8-4-5-9-24(23)18-30-26/h1-13,17-18,25,27-28,32-33H,14-16,19H2,(H,31,34)/t25-,27+,28+/m0/s1. The minimum Gasteiger partial charge on any atom is -0.387 e. The number of nitrogens with one attached hydrogen (secondary N) is 2. The molecular weight excluding hydrogens is 422 g/mol. The summed E-state index contributed by atoms with van der Waals surface area (Å²) in [6, 6.07) is 28.1. The van der Waals surface area contributed by atoms with Gasteiger partial charge in [-0.05, 0) is 54.0 Å². The molecule has 1 aromatic heterocycles.